The minimum absolute atomic E-state index is 0.0491. The lowest BCUT2D eigenvalue weighted by atomic mass is 10.1. The minimum Gasteiger partial charge on any atom is -0.463 e. The number of fused-ring (bicyclic) bond motifs is 1. The molecule has 2 heterocycles. The summed E-state index contributed by atoms with van der Waals surface area (Å²) in [5.41, 5.74) is 0.507. The van der Waals surface area contributed by atoms with Crippen LogP contribution in [-0.4, -0.2) is 26.2 Å². The highest BCUT2D eigenvalue weighted by Crippen LogP contribution is 2.35. The van der Waals surface area contributed by atoms with Crippen molar-refractivity contribution in [3.63, 3.8) is 0 Å². The van der Waals surface area contributed by atoms with E-state index >= 15 is 0 Å². The van der Waals surface area contributed by atoms with Gasteiger partial charge >= 0.3 is 6.01 Å². The van der Waals surface area contributed by atoms with Gasteiger partial charge in [0.05, 0.1) is 12.2 Å². The number of hydrogen-bond donors (Lipinski definition) is 0. The van der Waals surface area contributed by atoms with Gasteiger partial charge in [0, 0.05) is 5.56 Å². The van der Waals surface area contributed by atoms with Crippen molar-refractivity contribution in [1.29, 1.82) is 0 Å². The summed E-state index contributed by atoms with van der Waals surface area (Å²) in [6, 6.07) is 6.28. The third kappa shape index (κ3) is 2.41. The van der Waals surface area contributed by atoms with Crippen molar-refractivity contribution < 1.29 is 9.13 Å². The van der Waals surface area contributed by atoms with Crippen molar-refractivity contribution in [1.82, 2.24) is 19.6 Å². The number of halogens is 3. The van der Waals surface area contributed by atoms with Crippen LogP contribution < -0.4 is 4.74 Å². The average molecular weight is 327 g/mol. The van der Waals surface area contributed by atoms with Crippen LogP contribution in [0.25, 0.3) is 16.9 Å². The zero-order valence-corrected chi connectivity index (χ0v) is 12.4. The summed E-state index contributed by atoms with van der Waals surface area (Å²) < 4.78 is 20.4. The van der Waals surface area contributed by atoms with E-state index in [1.165, 1.54) is 10.6 Å². The maximum Gasteiger partial charge on any atom is 0.337 e. The van der Waals surface area contributed by atoms with E-state index < -0.39 is 5.82 Å². The number of benzene rings is 1. The first-order valence-corrected chi connectivity index (χ1v) is 6.87. The summed E-state index contributed by atoms with van der Waals surface area (Å²) in [5, 5.41) is 4.23. The van der Waals surface area contributed by atoms with Crippen LogP contribution in [0.4, 0.5) is 4.39 Å². The van der Waals surface area contributed by atoms with Crippen molar-refractivity contribution in [3.8, 4) is 17.1 Å². The molecule has 3 aromatic rings. The Morgan fingerprint density at radius 3 is 2.71 bits per heavy atom. The van der Waals surface area contributed by atoms with E-state index in [0.29, 0.717) is 6.61 Å². The smallest absolute Gasteiger partial charge is 0.337 e. The van der Waals surface area contributed by atoms with Gasteiger partial charge in [-0.2, -0.15) is 14.5 Å². The van der Waals surface area contributed by atoms with Crippen LogP contribution in [0.1, 0.15) is 6.92 Å². The molecule has 0 saturated heterocycles. The van der Waals surface area contributed by atoms with Gasteiger partial charge in [-0.3, -0.25) is 0 Å². The molecule has 5 nitrogen and oxygen atoms in total. The Bertz CT molecular complexity index is 821. The van der Waals surface area contributed by atoms with Crippen LogP contribution in [-0.2, 0) is 0 Å². The molecule has 21 heavy (non-hydrogen) atoms. The van der Waals surface area contributed by atoms with Gasteiger partial charge in [-0.05, 0) is 13.0 Å². The molecule has 0 aliphatic rings. The lowest BCUT2D eigenvalue weighted by Gasteiger charge is -2.08. The van der Waals surface area contributed by atoms with Crippen molar-refractivity contribution in [2.75, 3.05) is 6.61 Å². The Balaban J connectivity index is 2.26. The van der Waals surface area contributed by atoms with Gasteiger partial charge in [0.25, 0.3) is 5.78 Å². The number of aromatic nitrogens is 4. The second kappa shape index (κ2) is 5.46. The molecule has 0 radical (unpaired) electrons. The van der Waals surface area contributed by atoms with E-state index in [-0.39, 0.29) is 33.2 Å². The normalized spacial score (nSPS) is 11.0. The molecule has 0 aliphatic carbocycles. The molecule has 1 aromatic carbocycles. The molecule has 0 aliphatic heterocycles. The highest BCUT2D eigenvalue weighted by Gasteiger charge is 2.19. The second-order valence-corrected chi connectivity index (χ2v) is 4.80. The van der Waals surface area contributed by atoms with E-state index in [1.807, 2.05) is 0 Å². The van der Waals surface area contributed by atoms with Crippen molar-refractivity contribution >= 4 is 29.0 Å². The van der Waals surface area contributed by atoms with Gasteiger partial charge in [-0.25, -0.2) is 4.39 Å². The first-order chi connectivity index (χ1) is 10.1. The third-order valence-corrected chi connectivity index (χ3v) is 3.41. The van der Waals surface area contributed by atoms with Crippen LogP contribution >= 0.6 is 23.2 Å². The van der Waals surface area contributed by atoms with Gasteiger partial charge in [-0.15, -0.1) is 5.10 Å². The standard InChI is InChI=1S/C13H9Cl2FN4O/c1-2-21-13-18-12-17-10(14)9(11(15)20(12)19-13)7-5-3-4-6-8(7)16/h3-6H,2H2,1H3. The van der Waals surface area contributed by atoms with Crippen LogP contribution in [0.5, 0.6) is 6.01 Å². The van der Waals surface area contributed by atoms with E-state index in [0.717, 1.165) is 0 Å². The molecule has 0 amide bonds. The molecular weight excluding hydrogens is 318 g/mol. The number of nitrogens with zero attached hydrogens (tertiary/aromatic N) is 4. The highest BCUT2D eigenvalue weighted by molar-refractivity contribution is 6.38. The first kappa shape index (κ1) is 14.0. The van der Waals surface area contributed by atoms with Crippen LogP contribution in [0.2, 0.25) is 10.3 Å². The zero-order valence-electron chi connectivity index (χ0n) is 10.8. The van der Waals surface area contributed by atoms with Gasteiger partial charge in [0.15, 0.2) is 0 Å². The van der Waals surface area contributed by atoms with Crippen molar-refractivity contribution in [3.05, 3.63) is 40.4 Å². The maximum absolute atomic E-state index is 13.9. The molecule has 3 rings (SSSR count). The Hall–Kier alpha value is -1.92. The molecule has 0 saturated carbocycles. The summed E-state index contributed by atoms with van der Waals surface area (Å²) in [6.45, 7) is 2.21. The largest absolute Gasteiger partial charge is 0.463 e. The predicted molar refractivity (Wildman–Crippen MR) is 77.4 cm³/mol. The predicted octanol–water partition coefficient (Wildman–Crippen LogP) is 3.64. The van der Waals surface area contributed by atoms with Gasteiger partial charge in [-0.1, -0.05) is 41.4 Å². The van der Waals surface area contributed by atoms with E-state index in [4.69, 9.17) is 27.9 Å². The van der Waals surface area contributed by atoms with Gasteiger partial charge in [0.1, 0.15) is 16.1 Å². The molecule has 2 aromatic heterocycles. The molecule has 0 unspecified atom stereocenters. The van der Waals surface area contributed by atoms with Gasteiger partial charge < -0.3 is 4.74 Å². The Labute approximate surface area is 129 Å². The monoisotopic (exact) mass is 326 g/mol. The lowest BCUT2D eigenvalue weighted by Crippen LogP contribution is -1.99. The van der Waals surface area contributed by atoms with E-state index in [9.17, 15) is 4.39 Å². The molecule has 0 bridgehead atoms. The SMILES string of the molecule is CCOc1nc2nc(Cl)c(-c3ccccc3F)c(Cl)n2n1. The maximum atomic E-state index is 13.9. The molecule has 0 N–H and O–H groups in total. The molecule has 0 spiro atoms. The molecule has 8 heteroatoms. The summed E-state index contributed by atoms with van der Waals surface area (Å²) in [5.74, 6) is -0.263. The second-order valence-electron chi connectivity index (χ2n) is 4.09. The summed E-state index contributed by atoms with van der Waals surface area (Å²) in [4.78, 5) is 8.12. The Kier molecular flexibility index (Phi) is 3.65. The Morgan fingerprint density at radius 1 is 1.24 bits per heavy atom. The summed E-state index contributed by atoms with van der Waals surface area (Å²) >= 11 is 12.4. The van der Waals surface area contributed by atoms with E-state index in [1.54, 1.807) is 25.1 Å². The molecule has 0 fully saturated rings. The van der Waals surface area contributed by atoms with Crippen molar-refractivity contribution in [2.45, 2.75) is 6.92 Å². The van der Waals surface area contributed by atoms with Crippen LogP contribution in [0.15, 0.2) is 24.3 Å². The number of ether oxygens (including phenoxy) is 1. The Morgan fingerprint density at radius 2 is 2.00 bits per heavy atom. The molecule has 108 valence electrons. The highest BCUT2D eigenvalue weighted by atomic mass is 35.5. The fraction of sp³-hybridized carbons (Fsp3) is 0.154. The minimum atomic E-state index is -0.451. The molecular formula is C13H9Cl2FN4O. The number of hydrogen-bond acceptors (Lipinski definition) is 4. The van der Waals surface area contributed by atoms with Crippen molar-refractivity contribution in [2.24, 2.45) is 0 Å². The lowest BCUT2D eigenvalue weighted by molar-refractivity contribution is 0.313. The number of rotatable bonds is 3. The third-order valence-electron chi connectivity index (χ3n) is 2.78. The van der Waals surface area contributed by atoms with Gasteiger partial charge in [0.2, 0.25) is 0 Å². The van der Waals surface area contributed by atoms with Crippen LogP contribution in [0, 0.1) is 5.82 Å². The zero-order chi connectivity index (χ0) is 15.0. The topological polar surface area (TPSA) is 52.3 Å². The summed E-state index contributed by atoms with van der Waals surface area (Å²) in [6.07, 6.45) is 0. The fourth-order valence-corrected chi connectivity index (χ4v) is 2.52. The van der Waals surface area contributed by atoms with E-state index in [2.05, 4.69) is 15.1 Å². The quantitative estimate of drug-likeness (QED) is 0.689. The first-order valence-electron chi connectivity index (χ1n) is 6.11. The average Bonchev–Trinajstić information content (AvgIpc) is 2.84. The van der Waals surface area contributed by atoms with Crippen LogP contribution in [0.3, 0.4) is 0 Å². The fourth-order valence-electron chi connectivity index (χ4n) is 1.90. The molecule has 0 atom stereocenters. The summed E-state index contributed by atoms with van der Waals surface area (Å²) in [7, 11) is 0.